The maximum absolute atomic E-state index is 14.1. The third-order valence-electron chi connectivity index (χ3n) is 5.09. The highest BCUT2D eigenvalue weighted by atomic mass is 32.2. The van der Waals surface area contributed by atoms with Gasteiger partial charge in [-0.05, 0) is 25.3 Å². The number of sulfone groups is 1. The Morgan fingerprint density at radius 2 is 1.88 bits per heavy atom. The molecule has 7 heteroatoms. The summed E-state index contributed by atoms with van der Waals surface area (Å²) in [4.78, 5) is 14.1. The predicted molar refractivity (Wildman–Crippen MR) is 98.8 cm³/mol. The Balaban J connectivity index is 1.65. The molecule has 0 N–H and O–H groups in total. The first-order chi connectivity index (χ1) is 12.0. The fraction of sp³-hybridized carbons (Fsp3) is 0.611. The lowest BCUT2D eigenvalue weighted by atomic mass is 10.1. The highest BCUT2D eigenvalue weighted by Crippen LogP contribution is 2.32. The summed E-state index contributed by atoms with van der Waals surface area (Å²) in [5.74, 6) is -0.185. The molecule has 1 atom stereocenters. The Morgan fingerprint density at radius 3 is 2.60 bits per heavy atom. The summed E-state index contributed by atoms with van der Waals surface area (Å²) in [6.07, 6.45) is 5.06. The molecule has 1 heterocycles. The first kappa shape index (κ1) is 18.7. The summed E-state index contributed by atoms with van der Waals surface area (Å²) in [5, 5.41) is -0.306. The standard InChI is InChI=1S/C18H24FNO3S2/c19-16-8-4-3-7-15(16)17-9-10-20(11-12-25(17,22)23)18(21)13-24-14-5-1-2-6-14/h3-4,7-8,14,17H,1-2,5-6,9-13H2. The molecule has 138 valence electrons. The summed E-state index contributed by atoms with van der Waals surface area (Å²) in [6, 6.07) is 6.03. The van der Waals surface area contributed by atoms with Crippen molar-refractivity contribution in [3.63, 3.8) is 0 Å². The van der Waals surface area contributed by atoms with Crippen molar-refractivity contribution >= 4 is 27.5 Å². The lowest BCUT2D eigenvalue weighted by Gasteiger charge is -2.20. The highest BCUT2D eigenvalue weighted by molar-refractivity contribution is 8.00. The van der Waals surface area contributed by atoms with E-state index in [1.54, 1.807) is 28.8 Å². The number of amides is 1. The van der Waals surface area contributed by atoms with Crippen LogP contribution in [-0.2, 0) is 14.6 Å². The van der Waals surface area contributed by atoms with E-state index in [-0.39, 0.29) is 30.2 Å². The minimum absolute atomic E-state index is 0.00119. The molecule has 2 fully saturated rings. The van der Waals surface area contributed by atoms with Crippen LogP contribution in [0.3, 0.4) is 0 Å². The van der Waals surface area contributed by atoms with Gasteiger partial charge in [0.05, 0.1) is 16.8 Å². The molecule has 1 amide bonds. The van der Waals surface area contributed by atoms with Crippen molar-refractivity contribution < 1.29 is 17.6 Å². The van der Waals surface area contributed by atoms with Crippen LogP contribution in [0.5, 0.6) is 0 Å². The van der Waals surface area contributed by atoms with Gasteiger partial charge in [-0.3, -0.25) is 4.79 Å². The second-order valence-electron chi connectivity index (χ2n) is 6.76. The summed E-state index contributed by atoms with van der Waals surface area (Å²) >= 11 is 1.69. The minimum Gasteiger partial charge on any atom is -0.341 e. The number of benzene rings is 1. The molecule has 0 radical (unpaired) electrons. The van der Waals surface area contributed by atoms with Crippen LogP contribution in [0.1, 0.15) is 42.9 Å². The maximum Gasteiger partial charge on any atom is 0.232 e. The number of carbonyl (C=O) groups excluding carboxylic acids is 1. The molecule has 1 aliphatic heterocycles. The molecule has 1 aromatic carbocycles. The molecule has 0 spiro atoms. The Labute approximate surface area is 153 Å². The van der Waals surface area contributed by atoms with Gasteiger partial charge in [0, 0.05) is 23.9 Å². The zero-order valence-electron chi connectivity index (χ0n) is 14.2. The van der Waals surface area contributed by atoms with Crippen LogP contribution in [0, 0.1) is 5.82 Å². The van der Waals surface area contributed by atoms with Gasteiger partial charge in [-0.1, -0.05) is 31.0 Å². The summed E-state index contributed by atoms with van der Waals surface area (Å²) in [6.45, 7) is 0.569. The van der Waals surface area contributed by atoms with Crippen LogP contribution < -0.4 is 0 Å². The van der Waals surface area contributed by atoms with Crippen LogP contribution in [0.2, 0.25) is 0 Å². The van der Waals surface area contributed by atoms with Crippen molar-refractivity contribution in [1.82, 2.24) is 4.90 Å². The third-order valence-corrected chi connectivity index (χ3v) is 8.55. The van der Waals surface area contributed by atoms with Gasteiger partial charge in [-0.15, -0.1) is 11.8 Å². The summed E-state index contributed by atoms with van der Waals surface area (Å²) < 4.78 is 39.2. The smallest absolute Gasteiger partial charge is 0.232 e. The second-order valence-corrected chi connectivity index (χ2v) is 10.4. The zero-order valence-corrected chi connectivity index (χ0v) is 15.8. The van der Waals surface area contributed by atoms with Gasteiger partial charge in [-0.25, -0.2) is 12.8 Å². The number of nitrogens with zero attached hydrogens (tertiary/aromatic N) is 1. The molecule has 2 aliphatic rings. The molecule has 1 aliphatic carbocycles. The van der Waals surface area contributed by atoms with Crippen molar-refractivity contribution in [2.45, 2.75) is 42.6 Å². The van der Waals surface area contributed by atoms with Crippen LogP contribution >= 0.6 is 11.8 Å². The number of halogens is 1. The van der Waals surface area contributed by atoms with Gasteiger partial charge >= 0.3 is 0 Å². The van der Waals surface area contributed by atoms with E-state index in [1.807, 2.05) is 0 Å². The van der Waals surface area contributed by atoms with E-state index in [0.717, 1.165) is 0 Å². The third kappa shape index (κ3) is 4.56. The van der Waals surface area contributed by atoms with E-state index in [4.69, 9.17) is 0 Å². The largest absolute Gasteiger partial charge is 0.341 e. The van der Waals surface area contributed by atoms with Crippen molar-refractivity contribution in [2.24, 2.45) is 0 Å². The van der Waals surface area contributed by atoms with Gasteiger partial charge in [0.25, 0.3) is 0 Å². The van der Waals surface area contributed by atoms with Crippen molar-refractivity contribution in [3.8, 4) is 0 Å². The van der Waals surface area contributed by atoms with Crippen LogP contribution in [0.25, 0.3) is 0 Å². The van der Waals surface area contributed by atoms with E-state index < -0.39 is 20.9 Å². The van der Waals surface area contributed by atoms with Gasteiger partial charge in [-0.2, -0.15) is 0 Å². The van der Waals surface area contributed by atoms with E-state index in [1.165, 1.54) is 37.8 Å². The minimum atomic E-state index is -3.47. The van der Waals surface area contributed by atoms with E-state index in [9.17, 15) is 17.6 Å². The molecule has 1 saturated carbocycles. The SMILES string of the molecule is O=C(CSC1CCCC1)N1CCC(c2ccccc2F)S(=O)(=O)CC1. The molecular weight excluding hydrogens is 361 g/mol. The monoisotopic (exact) mass is 385 g/mol. The molecule has 4 nitrogen and oxygen atoms in total. The van der Waals surface area contributed by atoms with Gasteiger partial charge < -0.3 is 4.90 Å². The van der Waals surface area contributed by atoms with Crippen molar-refractivity contribution in [2.75, 3.05) is 24.6 Å². The average Bonchev–Trinajstić information content (AvgIpc) is 3.05. The van der Waals surface area contributed by atoms with Crippen molar-refractivity contribution in [3.05, 3.63) is 35.6 Å². The van der Waals surface area contributed by atoms with Crippen molar-refractivity contribution in [1.29, 1.82) is 0 Å². The van der Waals surface area contributed by atoms with Gasteiger partial charge in [0.15, 0.2) is 9.84 Å². The predicted octanol–water partition coefficient (Wildman–Crippen LogP) is 3.19. The molecule has 3 rings (SSSR count). The number of hydrogen-bond acceptors (Lipinski definition) is 4. The zero-order chi connectivity index (χ0) is 17.9. The fourth-order valence-corrected chi connectivity index (χ4v) is 6.64. The Bertz CT molecular complexity index is 717. The number of thioether (sulfide) groups is 1. The van der Waals surface area contributed by atoms with Gasteiger partial charge in [0.2, 0.25) is 5.91 Å². The normalized spacial score (nSPS) is 24.2. The van der Waals surface area contributed by atoms with Crippen LogP contribution in [-0.4, -0.2) is 49.1 Å². The van der Waals surface area contributed by atoms with Crippen LogP contribution in [0.4, 0.5) is 4.39 Å². The van der Waals surface area contributed by atoms with Gasteiger partial charge in [0.1, 0.15) is 5.82 Å². The first-order valence-electron chi connectivity index (χ1n) is 8.83. The van der Waals surface area contributed by atoms with E-state index >= 15 is 0 Å². The van der Waals surface area contributed by atoms with E-state index in [0.29, 0.717) is 17.5 Å². The topological polar surface area (TPSA) is 54.5 Å². The maximum atomic E-state index is 14.1. The molecule has 0 aromatic heterocycles. The highest BCUT2D eigenvalue weighted by Gasteiger charge is 2.34. The molecule has 25 heavy (non-hydrogen) atoms. The Kier molecular flexibility index (Phi) is 6.04. The fourth-order valence-electron chi connectivity index (χ4n) is 3.61. The quantitative estimate of drug-likeness (QED) is 0.799. The molecule has 1 aromatic rings. The molecule has 0 bridgehead atoms. The number of rotatable bonds is 4. The first-order valence-corrected chi connectivity index (χ1v) is 11.6. The van der Waals surface area contributed by atoms with E-state index in [2.05, 4.69) is 0 Å². The lowest BCUT2D eigenvalue weighted by Crippen LogP contribution is -2.35. The Hall–Kier alpha value is -1.08. The molecule has 1 unspecified atom stereocenters. The average molecular weight is 386 g/mol. The molecule has 1 saturated heterocycles. The van der Waals surface area contributed by atoms with Crippen LogP contribution in [0.15, 0.2) is 24.3 Å². The summed E-state index contributed by atoms with van der Waals surface area (Å²) in [5.41, 5.74) is 0.220. The number of carbonyl (C=O) groups is 1. The Morgan fingerprint density at radius 1 is 1.16 bits per heavy atom. The lowest BCUT2D eigenvalue weighted by molar-refractivity contribution is -0.128. The summed E-state index contributed by atoms with van der Waals surface area (Å²) in [7, 11) is -3.47. The molecular formula is C18H24FNO3S2. The second kappa shape index (κ2) is 8.08. The number of hydrogen-bond donors (Lipinski definition) is 0.